The number of benzene rings is 7. The Bertz CT molecular complexity index is 3170. The van der Waals surface area contributed by atoms with E-state index in [2.05, 4.69) is 129 Å². The Morgan fingerprint density at radius 1 is 0.520 bits per heavy atom. The quantitative estimate of drug-likeness (QED) is 0.176. The van der Waals surface area contributed by atoms with Crippen molar-refractivity contribution < 1.29 is 8.53 Å². The molecule has 0 fully saturated rings. The fourth-order valence-electron chi connectivity index (χ4n) is 9.09. The van der Waals surface area contributed by atoms with Crippen molar-refractivity contribution in [2.45, 2.75) is 6.85 Å². The number of anilines is 3. The van der Waals surface area contributed by atoms with Gasteiger partial charge in [0.2, 0.25) is 0 Å². The van der Waals surface area contributed by atoms with Crippen molar-refractivity contribution in [1.29, 1.82) is 0 Å². The molecule has 5 heteroatoms. The second kappa shape index (κ2) is 9.37. The maximum atomic E-state index is 8.05. The van der Waals surface area contributed by atoms with Crippen molar-refractivity contribution in [2.24, 2.45) is 0 Å². The van der Waals surface area contributed by atoms with Gasteiger partial charge in [0.05, 0.1) is 33.4 Å². The number of aromatic nitrogens is 2. The maximum absolute atomic E-state index is 8.05. The molecule has 10 aromatic rings. The van der Waals surface area contributed by atoms with E-state index in [1.807, 2.05) is 24.3 Å². The Kier molecular flexibility index (Phi) is 4.46. The number of hydrogen-bond donors (Lipinski definition) is 0. The second-order valence-corrected chi connectivity index (χ2v) is 13.5. The number of aryl methyl sites for hydroxylation is 1. The van der Waals surface area contributed by atoms with Crippen LogP contribution in [0.4, 0.5) is 17.1 Å². The lowest BCUT2D eigenvalue weighted by molar-refractivity contribution is 0.651. The van der Waals surface area contributed by atoms with Gasteiger partial charge >= 0.3 is 0 Å². The van der Waals surface area contributed by atoms with Gasteiger partial charge in [0.1, 0.15) is 5.58 Å². The number of para-hydroxylation sites is 4. The molecule has 2 aliphatic rings. The zero-order chi connectivity index (χ0) is 35.2. The molecule has 0 N–H and O–H groups in total. The summed E-state index contributed by atoms with van der Waals surface area (Å²) < 4.78 is 36.2. The van der Waals surface area contributed by atoms with Gasteiger partial charge in [-0.1, -0.05) is 90.5 Å². The molecule has 0 aliphatic carbocycles. The largest absolute Gasteiger partial charge is 0.468 e. The lowest BCUT2D eigenvalue weighted by Crippen LogP contribution is -2.60. The van der Waals surface area contributed by atoms with E-state index < -0.39 is 6.85 Å². The topological polar surface area (TPSA) is 26.2 Å². The van der Waals surface area contributed by atoms with Crippen molar-refractivity contribution in [3.05, 3.63) is 157 Å². The van der Waals surface area contributed by atoms with Crippen LogP contribution in [0.5, 0.6) is 0 Å². The standard InChI is InChI=1S/C45H28BN3O/c1-27-22-24-29(25-23-27)48-37-19-11-20-38-40(37)46(45-44(48)32-16-7-10-21-39(32)50-45)41-42-33(26-34-31-15-6-9-18-36(31)49(38)43(34)41)30-14-5-8-17-35(30)47(42)28-12-3-2-4-13-28/h2-26H,1H3/i1D3. The van der Waals surface area contributed by atoms with Crippen molar-refractivity contribution in [3.63, 3.8) is 0 Å². The summed E-state index contributed by atoms with van der Waals surface area (Å²) in [5, 5.41) is 5.85. The monoisotopic (exact) mass is 640 g/mol. The van der Waals surface area contributed by atoms with Gasteiger partial charge in [-0.15, -0.1) is 0 Å². The Balaban J connectivity index is 1.30. The van der Waals surface area contributed by atoms with Crippen LogP contribution in [-0.4, -0.2) is 15.8 Å². The van der Waals surface area contributed by atoms with Crippen molar-refractivity contribution in [2.75, 3.05) is 4.90 Å². The number of fused-ring (bicyclic) bond motifs is 13. The minimum atomic E-state index is -2.20. The highest BCUT2D eigenvalue weighted by Gasteiger charge is 2.47. The van der Waals surface area contributed by atoms with E-state index in [-0.39, 0.29) is 6.71 Å². The molecule has 0 saturated heterocycles. The molecular weight excluding hydrogens is 609 g/mol. The smallest absolute Gasteiger partial charge is 0.299 e. The number of hydrogen-bond acceptors (Lipinski definition) is 2. The van der Waals surface area contributed by atoms with Crippen LogP contribution in [0, 0.1) is 6.85 Å². The first-order valence-electron chi connectivity index (χ1n) is 18.6. The molecule has 7 aromatic carbocycles. The van der Waals surface area contributed by atoms with Gasteiger partial charge < -0.3 is 18.5 Å². The second-order valence-electron chi connectivity index (χ2n) is 13.5. The molecule has 5 heterocycles. The molecule has 232 valence electrons. The average Bonchev–Trinajstić information content (AvgIpc) is 3.85. The molecule has 3 aromatic heterocycles. The average molecular weight is 641 g/mol. The molecule has 0 radical (unpaired) electrons. The summed E-state index contributed by atoms with van der Waals surface area (Å²) in [7, 11) is 0. The fourth-order valence-corrected chi connectivity index (χ4v) is 9.09. The van der Waals surface area contributed by atoms with Crippen LogP contribution in [0.2, 0.25) is 0 Å². The van der Waals surface area contributed by atoms with E-state index in [1.54, 1.807) is 12.1 Å². The summed E-state index contributed by atoms with van der Waals surface area (Å²) >= 11 is 0. The molecule has 50 heavy (non-hydrogen) atoms. The molecule has 0 saturated carbocycles. The van der Waals surface area contributed by atoms with Crippen LogP contribution in [0.25, 0.3) is 66.0 Å². The molecule has 0 atom stereocenters. The number of rotatable bonds is 2. The minimum Gasteiger partial charge on any atom is -0.468 e. The molecule has 0 bridgehead atoms. The summed E-state index contributed by atoms with van der Waals surface area (Å²) in [4.78, 5) is 2.28. The first kappa shape index (κ1) is 23.8. The van der Waals surface area contributed by atoms with Gasteiger partial charge in [-0.25, -0.2) is 0 Å². The highest BCUT2D eigenvalue weighted by Crippen LogP contribution is 2.46. The van der Waals surface area contributed by atoms with E-state index in [1.165, 1.54) is 38.0 Å². The van der Waals surface area contributed by atoms with Gasteiger partial charge in [0.25, 0.3) is 6.71 Å². The van der Waals surface area contributed by atoms with Gasteiger partial charge in [-0.05, 0) is 84.5 Å². The van der Waals surface area contributed by atoms with Crippen molar-refractivity contribution in [1.82, 2.24) is 9.13 Å². The maximum Gasteiger partial charge on any atom is 0.299 e. The SMILES string of the molecule is [2H]C([2H])([2H])c1ccc(N2c3cccc4c3B(c3oc5ccccc5c32)c2c3c(cc5c6ccccc6n-4c25)c2ccccc2n3-c2ccccc2)cc1. The van der Waals surface area contributed by atoms with Crippen LogP contribution in [0.3, 0.4) is 0 Å². The van der Waals surface area contributed by atoms with Crippen LogP contribution in [0.1, 0.15) is 9.68 Å². The van der Waals surface area contributed by atoms with Gasteiger partial charge in [0, 0.05) is 53.8 Å². The Morgan fingerprint density at radius 3 is 1.92 bits per heavy atom. The van der Waals surface area contributed by atoms with Crippen LogP contribution >= 0.6 is 0 Å². The highest BCUT2D eigenvalue weighted by molar-refractivity contribution is 7.01. The van der Waals surface area contributed by atoms with Crippen molar-refractivity contribution in [3.8, 4) is 11.4 Å². The van der Waals surface area contributed by atoms with E-state index >= 15 is 0 Å². The summed E-state index contributed by atoms with van der Waals surface area (Å²) in [5.41, 5.74) is 14.2. The van der Waals surface area contributed by atoms with E-state index in [0.717, 1.165) is 61.6 Å². The Morgan fingerprint density at radius 2 is 1.16 bits per heavy atom. The lowest BCUT2D eigenvalue weighted by Gasteiger charge is -2.38. The zero-order valence-corrected chi connectivity index (χ0v) is 26.8. The summed E-state index contributed by atoms with van der Waals surface area (Å²) in [5.74, 6) is 0. The molecular formula is C45H28BN3O. The predicted octanol–water partition coefficient (Wildman–Crippen LogP) is 9.55. The minimum absolute atomic E-state index is 0.240. The van der Waals surface area contributed by atoms with E-state index in [9.17, 15) is 0 Å². The Hall–Kier alpha value is -6.46. The third kappa shape index (κ3) is 3.18. The molecule has 12 rings (SSSR count). The molecule has 0 amide bonds. The molecule has 4 nitrogen and oxygen atoms in total. The zero-order valence-electron chi connectivity index (χ0n) is 29.8. The van der Waals surface area contributed by atoms with E-state index in [4.69, 9.17) is 8.53 Å². The summed E-state index contributed by atoms with van der Waals surface area (Å²) in [6.07, 6.45) is 0. The first-order chi connectivity index (χ1) is 26.0. The number of nitrogens with zero attached hydrogens (tertiary/aromatic N) is 3. The molecule has 0 spiro atoms. The Labute approximate surface area is 292 Å². The van der Waals surface area contributed by atoms with Gasteiger partial charge in [-0.2, -0.15) is 0 Å². The number of furan rings is 1. The third-order valence-corrected chi connectivity index (χ3v) is 11.0. The summed E-state index contributed by atoms with van der Waals surface area (Å²) in [6.45, 7) is -2.44. The third-order valence-electron chi connectivity index (χ3n) is 11.0. The lowest BCUT2D eigenvalue weighted by atomic mass is 9.35. The van der Waals surface area contributed by atoms with E-state index in [0.29, 0.717) is 5.56 Å². The van der Waals surface area contributed by atoms with Crippen LogP contribution in [-0.2, 0) is 0 Å². The predicted molar refractivity (Wildman–Crippen MR) is 209 cm³/mol. The van der Waals surface area contributed by atoms with Gasteiger partial charge in [0.15, 0.2) is 0 Å². The molecule has 0 unspecified atom stereocenters. The summed E-state index contributed by atoms with van der Waals surface area (Å²) in [6, 6.07) is 52.7. The van der Waals surface area contributed by atoms with Crippen LogP contribution < -0.4 is 21.5 Å². The highest BCUT2D eigenvalue weighted by atomic mass is 16.3. The van der Waals surface area contributed by atoms with Crippen molar-refractivity contribution >= 4 is 94.9 Å². The first-order valence-corrected chi connectivity index (χ1v) is 17.1. The molecule has 2 aliphatic heterocycles. The van der Waals surface area contributed by atoms with Gasteiger partial charge in [-0.3, -0.25) is 0 Å². The van der Waals surface area contributed by atoms with Crippen LogP contribution in [0.15, 0.2) is 156 Å². The fraction of sp³-hybridized carbons (Fsp3) is 0.0222. The normalized spacial score (nSPS) is 14.4.